The molecule has 0 atom stereocenters. The van der Waals surface area contributed by atoms with Crippen LogP contribution in [0.25, 0.3) is 0 Å². The molecule has 6 nitrogen and oxygen atoms in total. The van der Waals surface area contributed by atoms with Gasteiger partial charge in [-0.1, -0.05) is 0 Å². The fourth-order valence-corrected chi connectivity index (χ4v) is 1.23. The molecule has 1 aromatic carbocycles. The third-order valence-electron chi connectivity index (χ3n) is 2.15. The van der Waals surface area contributed by atoms with Gasteiger partial charge in [0, 0.05) is 12.1 Å². The molecule has 2 amide bonds. The van der Waals surface area contributed by atoms with Crippen molar-refractivity contribution in [3.8, 4) is 5.75 Å². The molecule has 0 saturated carbocycles. The Labute approximate surface area is 120 Å². The molecule has 1 aromatic rings. The molecule has 0 unspecified atom stereocenters. The number of nitrogens with one attached hydrogen (secondary N) is 2. The van der Waals surface area contributed by atoms with Gasteiger partial charge in [0.15, 0.2) is 17.4 Å². The smallest absolute Gasteiger partial charge is 0.243 e. The molecule has 0 aliphatic carbocycles. The van der Waals surface area contributed by atoms with E-state index in [1.54, 1.807) is 0 Å². The Morgan fingerprint density at radius 1 is 1.25 bits per heavy atom. The van der Waals surface area contributed by atoms with Gasteiger partial charge < -0.3 is 21.1 Å². The first-order valence-electron chi connectivity index (χ1n) is 5.27. The normalized spacial score (nSPS) is 9.40. The lowest BCUT2D eigenvalue weighted by molar-refractivity contribution is -0.123. The molecule has 0 fully saturated rings. The summed E-state index contributed by atoms with van der Waals surface area (Å²) >= 11 is 0. The number of benzene rings is 1. The van der Waals surface area contributed by atoms with E-state index in [1.807, 2.05) is 0 Å². The Morgan fingerprint density at radius 3 is 2.45 bits per heavy atom. The van der Waals surface area contributed by atoms with Gasteiger partial charge in [-0.05, 0) is 0 Å². The minimum absolute atomic E-state index is 0. The van der Waals surface area contributed by atoms with E-state index in [9.17, 15) is 18.4 Å². The van der Waals surface area contributed by atoms with Gasteiger partial charge in [0.25, 0.3) is 0 Å². The van der Waals surface area contributed by atoms with Crippen molar-refractivity contribution in [3.63, 3.8) is 0 Å². The van der Waals surface area contributed by atoms with E-state index in [1.165, 1.54) is 7.11 Å². The third-order valence-corrected chi connectivity index (χ3v) is 2.15. The molecule has 0 aliphatic rings. The van der Waals surface area contributed by atoms with E-state index >= 15 is 0 Å². The van der Waals surface area contributed by atoms with Crippen LogP contribution in [0.2, 0.25) is 0 Å². The number of methoxy groups -OCH3 is 1. The molecule has 4 N–H and O–H groups in total. The van der Waals surface area contributed by atoms with Crippen LogP contribution in [0.1, 0.15) is 0 Å². The van der Waals surface area contributed by atoms with Crippen LogP contribution in [0.5, 0.6) is 5.75 Å². The summed E-state index contributed by atoms with van der Waals surface area (Å²) < 4.78 is 31.4. The standard InChI is InChI=1S/C11H13F2N3O3.ClH/c1-19-9-3-6(12)8(2-7(9)13)16-11(18)5-15-10(17)4-14;/h2-3H,4-5,14H2,1H3,(H,15,17)(H,16,18);1H. The van der Waals surface area contributed by atoms with Crippen LogP contribution in [0.15, 0.2) is 12.1 Å². The fraction of sp³-hybridized carbons (Fsp3) is 0.273. The summed E-state index contributed by atoms with van der Waals surface area (Å²) in [5.74, 6) is -3.17. The number of hydrogen-bond acceptors (Lipinski definition) is 4. The van der Waals surface area contributed by atoms with Crippen LogP contribution in [0.3, 0.4) is 0 Å². The summed E-state index contributed by atoms with van der Waals surface area (Å²) in [6.07, 6.45) is 0. The maximum absolute atomic E-state index is 13.5. The van der Waals surface area contributed by atoms with Crippen molar-refractivity contribution in [2.24, 2.45) is 5.73 Å². The number of carbonyl (C=O) groups excluding carboxylic acids is 2. The van der Waals surface area contributed by atoms with Crippen molar-refractivity contribution in [1.29, 1.82) is 0 Å². The highest BCUT2D eigenvalue weighted by atomic mass is 35.5. The Hall–Kier alpha value is -1.93. The lowest BCUT2D eigenvalue weighted by Crippen LogP contribution is -2.36. The number of halogens is 3. The minimum atomic E-state index is -0.850. The number of anilines is 1. The summed E-state index contributed by atoms with van der Waals surface area (Å²) in [6.45, 7) is -0.651. The SMILES string of the molecule is COc1cc(F)c(NC(=O)CNC(=O)CN)cc1F.Cl. The second-order valence-electron chi connectivity index (χ2n) is 3.50. The summed E-state index contributed by atoms with van der Waals surface area (Å²) in [5.41, 5.74) is 4.68. The van der Waals surface area contributed by atoms with Crippen LogP contribution in [0.4, 0.5) is 14.5 Å². The highest BCUT2D eigenvalue weighted by Gasteiger charge is 2.13. The molecule has 9 heteroatoms. The van der Waals surface area contributed by atoms with Crippen molar-refractivity contribution < 1.29 is 23.1 Å². The lowest BCUT2D eigenvalue weighted by Gasteiger charge is -2.09. The van der Waals surface area contributed by atoms with Crippen molar-refractivity contribution in [2.75, 3.05) is 25.5 Å². The molecule has 0 spiro atoms. The van der Waals surface area contributed by atoms with Crippen LogP contribution >= 0.6 is 12.4 Å². The summed E-state index contributed by atoms with van der Waals surface area (Å²) in [4.78, 5) is 22.2. The predicted molar refractivity (Wildman–Crippen MR) is 70.9 cm³/mol. The molecule has 0 saturated heterocycles. The number of carbonyl (C=O) groups is 2. The van der Waals surface area contributed by atoms with E-state index in [2.05, 4.69) is 15.4 Å². The summed E-state index contributed by atoms with van der Waals surface area (Å²) in [7, 11) is 1.19. The first kappa shape index (κ1) is 18.1. The maximum Gasteiger partial charge on any atom is 0.243 e. The van der Waals surface area contributed by atoms with E-state index in [0.717, 1.165) is 12.1 Å². The lowest BCUT2D eigenvalue weighted by atomic mass is 10.2. The van der Waals surface area contributed by atoms with Gasteiger partial charge in [0.2, 0.25) is 11.8 Å². The minimum Gasteiger partial charge on any atom is -0.494 e. The Bertz CT molecular complexity index is 500. The highest BCUT2D eigenvalue weighted by molar-refractivity contribution is 5.94. The van der Waals surface area contributed by atoms with Crippen molar-refractivity contribution in [3.05, 3.63) is 23.8 Å². The zero-order valence-corrected chi connectivity index (χ0v) is 11.4. The van der Waals surface area contributed by atoms with Gasteiger partial charge >= 0.3 is 0 Å². The number of hydrogen-bond donors (Lipinski definition) is 3. The van der Waals surface area contributed by atoms with Gasteiger partial charge in [-0.2, -0.15) is 0 Å². The van der Waals surface area contributed by atoms with Crippen molar-refractivity contribution >= 4 is 29.9 Å². The van der Waals surface area contributed by atoms with Gasteiger partial charge in [-0.15, -0.1) is 12.4 Å². The molecule has 0 aliphatic heterocycles. The average Bonchev–Trinajstić information content (AvgIpc) is 2.39. The zero-order chi connectivity index (χ0) is 14.4. The van der Waals surface area contributed by atoms with Gasteiger partial charge in [0.05, 0.1) is 25.9 Å². The average molecular weight is 310 g/mol. The van der Waals surface area contributed by atoms with E-state index in [-0.39, 0.29) is 36.9 Å². The van der Waals surface area contributed by atoms with Crippen LogP contribution in [0, 0.1) is 11.6 Å². The Balaban J connectivity index is 0.00000361. The quantitative estimate of drug-likeness (QED) is 0.734. The van der Waals surface area contributed by atoms with Crippen LogP contribution in [-0.2, 0) is 9.59 Å². The Morgan fingerprint density at radius 2 is 1.90 bits per heavy atom. The topological polar surface area (TPSA) is 93.5 Å². The molecule has 0 bridgehead atoms. The fourth-order valence-electron chi connectivity index (χ4n) is 1.23. The Kier molecular flexibility index (Phi) is 7.48. The van der Waals surface area contributed by atoms with Crippen molar-refractivity contribution in [1.82, 2.24) is 5.32 Å². The van der Waals surface area contributed by atoms with E-state index < -0.39 is 23.4 Å². The van der Waals surface area contributed by atoms with Gasteiger partial charge in [-0.3, -0.25) is 9.59 Å². The molecule has 20 heavy (non-hydrogen) atoms. The number of amides is 2. The molecular formula is C11H14ClF2N3O3. The number of rotatable bonds is 5. The first-order valence-corrected chi connectivity index (χ1v) is 5.27. The van der Waals surface area contributed by atoms with Crippen molar-refractivity contribution in [2.45, 2.75) is 0 Å². The second-order valence-corrected chi connectivity index (χ2v) is 3.50. The van der Waals surface area contributed by atoms with Gasteiger partial charge in [-0.25, -0.2) is 8.78 Å². The summed E-state index contributed by atoms with van der Waals surface area (Å²) in [6, 6.07) is 1.60. The zero-order valence-electron chi connectivity index (χ0n) is 10.5. The predicted octanol–water partition coefficient (Wildman–Crippen LogP) is 0.409. The number of nitrogens with two attached hydrogens (primary N) is 1. The summed E-state index contributed by atoms with van der Waals surface area (Å²) in [5, 5.41) is 4.31. The third kappa shape index (κ3) is 4.98. The monoisotopic (exact) mass is 309 g/mol. The molecule has 0 aromatic heterocycles. The van der Waals surface area contributed by atoms with Crippen LogP contribution in [-0.4, -0.2) is 32.0 Å². The van der Waals surface area contributed by atoms with E-state index in [4.69, 9.17) is 5.73 Å². The van der Waals surface area contributed by atoms with Gasteiger partial charge in [0.1, 0.15) is 0 Å². The molecule has 1 rings (SSSR count). The number of ether oxygens (including phenoxy) is 1. The highest BCUT2D eigenvalue weighted by Crippen LogP contribution is 2.24. The maximum atomic E-state index is 13.5. The first-order chi connectivity index (χ1) is 8.97. The van der Waals surface area contributed by atoms with Crippen LogP contribution < -0.4 is 21.1 Å². The molecular weight excluding hydrogens is 296 g/mol. The molecule has 0 radical (unpaired) electrons. The largest absolute Gasteiger partial charge is 0.494 e. The molecule has 0 heterocycles. The van der Waals surface area contributed by atoms with E-state index in [0.29, 0.717) is 0 Å². The molecule has 112 valence electrons. The second kappa shape index (κ2) is 8.28.